The van der Waals surface area contributed by atoms with Crippen molar-refractivity contribution >= 4 is 23.7 Å². The fraction of sp³-hybridized carbons (Fsp3) is 0.111. The van der Waals surface area contributed by atoms with Crippen LogP contribution in [0.15, 0.2) is 53.6 Å². The Balaban J connectivity index is 1.99. The van der Waals surface area contributed by atoms with E-state index in [4.69, 9.17) is 10.00 Å². The number of anilines is 1. The summed E-state index contributed by atoms with van der Waals surface area (Å²) in [7, 11) is 0. The number of carbonyl (C=O) groups excluding carboxylic acids is 2. The molecule has 0 radical (unpaired) electrons. The number of benzene rings is 2. The van der Waals surface area contributed by atoms with Crippen LogP contribution in [0.25, 0.3) is 0 Å². The monoisotopic (exact) mass is 336 g/mol. The minimum Gasteiger partial charge on any atom is -0.479 e. The molecule has 0 aliphatic heterocycles. The maximum atomic E-state index is 12.1. The van der Waals surface area contributed by atoms with E-state index in [9.17, 15) is 9.59 Å². The summed E-state index contributed by atoms with van der Waals surface area (Å²) in [6.07, 6.45) is 1.47. The van der Waals surface area contributed by atoms with Crippen LogP contribution >= 0.6 is 0 Å². The van der Waals surface area contributed by atoms with Gasteiger partial charge < -0.3 is 10.1 Å². The van der Waals surface area contributed by atoms with Gasteiger partial charge in [0.15, 0.2) is 6.61 Å². The molecule has 0 atom stereocenters. The lowest BCUT2D eigenvalue weighted by molar-refractivity contribution is -0.114. The Kier molecular flexibility index (Phi) is 6.25. The van der Waals surface area contributed by atoms with Crippen LogP contribution in [0.2, 0.25) is 0 Å². The van der Waals surface area contributed by atoms with Gasteiger partial charge in [0.05, 0.1) is 6.21 Å². The van der Waals surface area contributed by atoms with Gasteiger partial charge in [-0.15, -0.1) is 0 Å². The minimum atomic E-state index is -0.402. The third-order valence-electron chi connectivity index (χ3n) is 2.99. The molecule has 0 aliphatic rings. The normalized spacial score (nSPS) is 10.1. The Morgan fingerprint density at radius 3 is 2.80 bits per heavy atom. The minimum absolute atomic E-state index is 0.0397. The van der Waals surface area contributed by atoms with Crippen LogP contribution in [-0.2, 0) is 4.79 Å². The predicted molar refractivity (Wildman–Crippen MR) is 93.4 cm³/mol. The number of hydrazone groups is 1. The summed E-state index contributed by atoms with van der Waals surface area (Å²) in [5.74, 6) is -0.0748. The summed E-state index contributed by atoms with van der Waals surface area (Å²) in [6, 6.07) is 15.4. The molecule has 0 heterocycles. The van der Waals surface area contributed by atoms with Gasteiger partial charge in [0.2, 0.25) is 5.91 Å². The Morgan fingerprint density at radius 2 is 2.04 bits per heavy atom. The van der Waals surface area contributed by atoms with Crippen molar-refractivity contribution in [2.24, 2.45) is 5.10 Å². The lowest BCUT2D eigenvalue weighted by Gasteiger charge is -2.05. The molecule has 0 bridgehead atoms. The Morgan fingerprint density at radius 1 is 1.24 bits per heavy atom. The molecule has 2 aromatic carbocycles. The van der Waals surface area contributed by atoms with E-state index in [2.05, 4.69) is 15.8 Å². The molecule has 25 heavy (non-hydrogen) atoms. The van der Waals surface area contributed by atoms with E-state index in [1.54, 1.807) is 48.5 Å². The highest BCUT2D eigenvalue weighted by molar-refractivity contribution is 5.97. The van der Waals surface area contributed by atoms with Crippen LogP contribution in [0, 0.1) is 11.3 Å². The highest BCUT2D eigenvalue weighted by Crippen LogP contribution is 2.12. The number of nitriles is 1. The first-order valence-electron chi connectivity index (χ1n) is 7.39. The quantitative estimate of drug-likeness (QED) is 0.624. The zero-order valence-corrected chi connectivity index (χ0v) is 13.5. The highest BCUT2D eigenvalue weighted by atomic mass is 16.5. The van der Waals surface area contributed by atoms with Gasteiger partial charge in [-0.05, 0) is 35.9 Å². The van der Waals surface area contributed by atoms with Crippen molar-refractivity contribution in [3.63, 3.8) is 0 Å². The van der Waals surface area contributed by atoms with E-state index in [1.165, 1.54) is 13.1 Å². The lowest BCUT2D eigenvalue weighted by atomic mass is 10.2. The maximum absolute atomic E-state index is 12.1. The van der Waals surface area contributed by atoms with E-state index in [0.717, 1.165) is 0 Å². The van der Waals surface area contributed by atoms with Gasteiger partial charge in [-0.25, -0.2) is 5.43 Å². The first-order chi connectivity index (χ1) is 12.1. The van der Waals surface area contributed by atoms with Crippen LogP contribution in [0.3, 0.4) is 0 Å². The molecular weight excluding hydrogens is 320 g/mol. The van der Waals surface area contributed by atoms with Crippen molar-refractivity contribution in [3.8, 4) is 11.8 Å². The summed E-state index contributed by atoms with van der Waals surface area (Å²) in [6.45, 7) is 1.35. The van der Waals surface area contributed by atoms with Gasteiger partial charge in [-0.2, -0.15) is 10.4 Å². The average molecular weight is 336 g/mol. The zero-order valence-electron chi connectivity index (χ0n) is 13.5. The molecule has 0 aliphatic carbocycles. The molecule has 0 aromatic heterocycles. The summed E-state index contributed by atoms with van der Waals surface area (Å²) < 4.78 is 5.19. The largest absolute Gasteiger partial charge is 0.479 e. The number of hydrogen-bond acceptors (Lipinski definition) is 5. The number of ether oxygens (including phenoxy) is 1. The van der Waals surface area contributed by atoms with Crippen molar-refractivity contribution < 1.29 is 14.3 Å². The third kappa shape index (κ3) is 5.80. The van der Waals surface area contributed by atoms with Crippen molar-refractivity contribution in [2.75, 3.05) is 11.9 Å². The Hall–Kier alpha value is -3.66. The maximum Gasteiger partial charge on any atom is 0.271 e. The van der Waals surface area contributed by atoms with Crippen LogP contribution in [0.1, 0.15) is 22.8 Å². The number of hydrogen-bond donors (Lipinski definition) is 2. The molecule has 0 saturated carbocycles. The summed E-state index contributed by atoms with van der Waals surface area (Å²) in [5.41, 5.74) is 4.03. The predicted octanol–water partition coefficient (Wildman–Crippen LogP) is 2.31. The lowest BCUT2D eigenvalue weighted by Crippen LogP contribution is -2.18. The SMILES string of the molecule is CC(=O)Nc1cccc(C(=O)N/N=C\c2cccc(OCC#N)c2)c1. The Labute approximate surface area is 144 Å². The summed E-state index contributed by atoms with van der Waals surface area (Å²) in [5, 5.41) is 15.0. The van der Waals surface area contributed by atoms with E-state index in [-0.39, 0.29) is 12.5 Å². The number of nitrogens with zero attached hydrogens (tertiary/aromatic N) is 2. The van der Waals surface area contributed by atoms with Crippen LogP contribution < -0.4 is 15.5 Å². The fourth-order valence-corrected chi connectivity index (χ4v) is 1.97. The van der Waals surface area contributed by atoms with Crippen molar-refractivity contribution in [1.29, 1.82) is 5.26 Å². The molecule has 0 spiro atoms. The first-order valence-corrected chi connectivity index (χ1v) is 7.39. The van der Waals surface area contributed by atoms with Crippen LogP contribution in [0.4, 0.5) is 5.69 Å². The van der Waals surface area contributed by atoms with Crippen LogP contribution in [-0.4, -0.2) is 24.6 Å². The molecule has 2 N–H and O–H groups in total. The first kappa shape index (κ1) is 17.7. The summed E-state index contributed by atoms with van der Waals surface area (Å²) >= 11 is 0. The molecule has 126 valence electrons. The van der Waals surface area contributed by atoms with Gasteiger partial charge in [0, 0.05) is 18.2 Å². The van der Waals surface area contributed by atoms with Gasteiger partial charge >= 0.3 is 0 Å². The van der Waals surface area contributed by atoms with E-state index >= 15 is 0 Å². The van der Waals surface area contributed by atoms with Crippen molar-refractivity contribution in [1.82, 2.24) is 5.43 Å². The second-order valence-electron chi connectivity index (χ2n) is 4.98. The van der Waals surface area contributed by atoms with Gasteiger partial charge in [0.25, 0.3) is 5.91 Å². The highest BCUT2D eigenvalue weighted by Gasteiger charge is 2.05. The molecule has 2 rings (SSSR count). The zero-order chi connectivity index (χ0) is 18.1. The number of carbonyl (C=O) groups is 2. The standard InChI is InChI=1S/C18H16N4O3/c1-13(23)21-16-6-3-5-15(11-16)18(24)22-20-12-14-4-2-7-17(10-14)25-9-8-19/h2-7,10-12H,9H2,1H3,(H,21,23)(H,22,24)/b20-12-. The number of rotatable bonds is 6. The van der Waals surface area contributed by atoms with Crippen LogP contribution in [0.5, 0.6) is 5.75 Å². The second kappa shape index (κ2) is 8.84. The van der Waals surface area contributed by atoms with E-state index < -0.39 is 5.91 Å². The topological polar surface area (TPSA) is 104 Å². The second-order valence-corrected chi connectivity index (χ2v) is 4.98. The van der Waals surface area contributed by atoms with E-state index in [1.807, 2.05) is 6.07 Å². The summed E-state index contributed by atoms with van der Waals surface area (Å²) in [4.78, 5) is 23.1. The van der Waals surface area contributed by atoms with Crippen molar-refractivity contribution in [2.45, 2.75) is 6.92 Å². The average Bonchev–Trinajstić information content (AvgIpc) is 2.60. The molecule has 0 unspecified atom stereocenters. The molecule has 0 fully saturated rings. The Bertz CT molecular complexity index is 840. The number of amides is 2. The number of nitrogens with one attached hydrogen (secondary N) is 2. The van der Waals surface area contributed by atoms with Gasteiger partial charge in [-0.3, -0.25) is 9.59 Å². The molecule has 7 nitrogen and oxygen atoms in total. The van der Waals surface area contributed by atoms with Gasteiger partial charge in [-0.1, -0.05) is 18.2 Å². The molecule has 2 amide bonds. The van der Waals surface area contributed by atoms with E-state index in [0.29, 0.717) is 22.6 Å². The fourth-order valence-electron chi connectivity index (χ4n) is 1.97. The molecule has 7 heteroatoms. The third-order valence-corrected chi connectivity index (χ3v) is 2.99. The molecule has 2 aromatic rings. The molecular formula is C18H16N4O3. The van der Waals surface area contributed by atoms with Crippen molar-refractivity contribution in [3.05, 3.63) is 59.7 Å². The van der Waals surface area contributed by atoms with Gasteiger partial charge in [0.1, 0.15) is 11.8 Å². The molecule has 0 saturated heterocycles. The smallest absolute Gasteiger partial charge is 0.271 e.